The number of aliphatic hydroxyl groups excluding tert-OH is 3. The molecule has 0 aromatic rings. The van der Waals surface area contributed by atoms with Gasteiger partial charge in [0.05, 0.1) is 12.1 Å². The van der Waals surface area contributed by atoms with Crippen molar-refractivity contribution in [3.05, 3.63) is 12.2 Å². The summed E-state index contributed by atoms with van der Waals surface area (Å²) in [5.74, 6) is 1.01. The molecule has 4 aliphatic heterocycles. The summed E-state index contributed by atoms with van der Waals surface area (Å²) in [6.45, 7) is 7.67. The second kappa shape index (κ2) is 12.4. The van der Waals surface area contributed by atoms with Crippen LogP contribution >= 0.6 is 11.8 Å². The van der Waals surface area contributed by atoms with Gasteiger partial charge in [0.15, 0.2) is 0 Å². The largest absolute Gasteiger partial charge is 0.388 e. The zero-order valence-electron chi connectivity index (χ0n) is 21.5. The summed E-state index contributed by atoms with van der Waals surface area (Å²) in [7, 11) is 0. The molecular weight excluding hydrogens is 487 g/mol. The Hall–Kier alpha value is -0.750. The summed E-state index contributed by atoms with van der Waals surface area (Å²) < 4.78 is 26.5. The number of carbonyl (C=O) groups is 1. The van der Waals surface area contributed by atoms with Gasteiger partial charge in [0.1, 0.15) is 42.1 Å². The fraction of sp³-hybridized carbons (Fsp3) is 0.885. The fourth-order valence-corrected chi connectivity index (χ4v) is 7.27. The zero-order valence-corrected chi connectivity index (χ0v) is 22.3. The van der Waals surface area contributed by atoms with Crippen molar-refractivity contribution < 1.29 is 34.0 Å². The van der Waals surface area contributed by atoms with Crippen LogP contribution in [0, 0.1) is 23.7 Å². The second-order valence-corrected chi connectivity index (χ2v) is 12.6. The molecule has 12 atom stereocenters. The molecule has 36 heavy (non-hydrogen) atoms. The first-order chi connectivity index (χ1) is 17.2. The highest BCUT2D eigenvalue weighted by Crippen LogP contribution is 2.35. The number of carbonyl (C=O) groups excluding carboxylic acids is 1. The van der Waals surface area contributed by atoms with E-state index >= 15 is 0 Å². The Kier molecular flexibility index (Phi) is 9.74. The van der Waals surface area contributed by atoms with Gasteiger partial charge >= 0.3 is 0 Å². The van der Waals surface area contributed by atoms with Gasteiger partial charge in [-0.1, -0.05) is 32.9 Å². The molecule has 0 spiro atoms. The molecule has 0 radical (unpaired) electrons. The molecule has 1 amide bonds. The Labute approximate surface area is 217 Å². The molecule has 3 fully saturated rings. The van der Waals surface area contributed by atoms with Crippen molar-refractivity contribution in [2.24, 2.45) is 23.7 Å². The fourth-order valence-electron chi connectivity index (χ4n) is 6.17. The molecule has 0 aromatic carbocycles. The minimum atomic E-state index is -1.47. The van der Waals surface area contributed by atoms with E-state index in [0.29, 0.717) is 25.0 Å². The lowest BCUT2D eigenvalue weighted by atomic mass is 9.85. The lowest BCUT2D eigenvalue weighted by Crippen LogP contribution is -2.65. The predicted octanol–water partition coefficient (Wildman–Crippen LogP) is 1.38. The smallest absolute Gasteiger partial charge is 0.240 e. The molecule has 8 nitrogen and oxygen atoms in total. The Morgan fingerprint density at radius 2 is 2.00 bits per heavy atom. The average Bonchev–Trinajstić information content (AvgIpc) is 3.10. The molecule has 4 heterocycles. The van der Waals surface area contributed by atoms with Crippen LogP contribution in [0.1, 0.15) is 46.5 Å². The first-order valence-electron chi connectivity index (χ1n) is 13.4. The molecule has 4 aliphatic rings. The van der Waals surface area contributed by atoms with Crippen molar-refractivity contribution in [1.82, 2.24) is 10.6 Å². The Morgan fingerprint density at radius 1 is 1.22 bits per heavy atom. The van der Waals surface area contributed by atoms with E-state index in [2.05, 4.69) is 24.5 Å². The van der Waals surface area contributed by atoms with Gasteiger partial charge in [0.2, 0.25) is 5.91 Å². The van der Waals surface area contributed by atoms with Gasteiger partial charge in [0, 0.05) is 18.9 Å². The highest BCUT2D eigenvalue weighted by atomic mass is 32.2. The number of hydrogen-bond donors (Lipinski definition) is 5. The summed E-state index contributed by atoms with van der Waals surface area (Å²) in [5.41, 5.74) is -0.909. The number of allylic oxidation sites excluding steroid dienone is 1. The van der Waals surface area contributed by atoms with Gasteiger partial charge in [0.25, 0.3) is 0 Å². The maximum Gasteiger partial charge on any atom is 0.240 e. The Morgan fingerprint density at radius 3 is 2.75 bits per heavy atom. The molecule has 3 saturated heterocycles. The lowest BCUT2D eigenvalue weighted by Gasteiger charge is -2.44. The number of rotatable bonds is 4. The van der Waals surface area contributed by atoms with E-state index in [1.807, 2.05) is 13.0 Å². The van der Waals surface area contributed by atoms with Crippen LogP contribution in [0.2, 0.25) is 0 Å². The van der Waals surface area contributed by atoms with Crippen molar-refractivity contribution >= 4 is 17.7 Å². The number of halogens is 1. The van der Waals surface area contributed by atoms with Crippen LogP contribution in [-0.2, 0) is 14.3 Å². The van der Waals surface area contributed by atoms with E-state index in [1.54, 1.807) is 6.08 Å². The molecular formula is C26H43FN2O6S. The molecule has 2 bridgehead atoms. The molecule has 5 N–H and O–H groups in total. The highest BCUT2D eigenvalue weighted by molar-refractivity contribution is 7.99. The predicted molar refractivity (Wildman–Crippen MR) is 136 cm³/mol. The second-order valence-electron chi connectivity index (χ2n) is 11.4. The normalized spacial score (nSPS) is 46.9. The first-order valence-corrected chi connectivity index (χ1v) is 14.5. The van der Waals surface area contributed by atoms with E-state index in [4.69, 9.17) is 9.47 Å². The zero-order chi connectivity index (χ0) is 26.0. The van der Waals surface area contributed by atoms with E-state index in [0.717, 1.165) is 31.0 Å². The maximum absolute atomic E-state index is 14.3. The number of alkyl halides is 1. The van der Waals surface area contributed by atoms with Gasteiger partial charge in [-0.05, 0) is 49.4 Å². The summed E-state index contributed by atoms with van der Waals surface area (Å²) >= 11 is 1.08. The third-order valence-corrected chi connectivity index (χ3v) is 9.33. The minimum Gasteiger partial charge on any atom is -0.388 e. The van der Waals surface area contributed by atoms with Gasteiger partial charge in [-0.3, -0.25) is 4.79 Å². The van der Waals surface area contributed by atoms with Crippen molar-refractivity contribution in [3.63, 3.8) is 0 Å². The first kappa shape index (κ1) is 28.3. The molecule has 0 unspecified atom stereocenters. The van der Waals surface area contributed by atoms with E-state index in [-0.39, 0.29) is 36.0 Å². The summed E-state index contributed by atoms with van der Waals surface area (Å²) in [4.78, 5) is 13.6. The molecule has 10 heteroatoms. The van der Waals surface area contributed by atoms with E-state index < -0.39 is 48.1 Å². The third kappa shape index (κ3) is 6.45. The van der Waals surface area contributed by atoms with Crippen LogP contribution in [0.4, 0.5) is 4.39 Å². The standard InChI is InChI=1S/C26H43FN2O6S/c1-13(2)9-15-7-8-34-23-16(10-15)11-28-19(23)25(33)29-18-14(3)5-4-6-17(27)12-36-26-22(32)20(30)21(31)24(18)35-26/h4-5,13-24,26,28,30-32H,6-12H2,1-3H3,(H,29,33)/b5-4-/t14-,15+,16+,17+,18-,19+,20+,21-,22-,23-,24-,26-/m1/s1. The monoisotopic (exact) mass is 530 g/mol. The van der Waals surface area contributed by atoms with Crippen LogP contribution in [0.5, 0.6) is 0 Å². The number of aliphatic hydroxyl groups is 3. The summed E-state index contributed by atoms with van der Waals surface area (Å²) in [5, 5.41) is 38.2. The number of amides is 1. The van der Waals surface area contributed by atoms with Crippen molar-refractivity contribution in [2.75, 3.05) is 18.9 Å². The maximum atomic E-state index is 14.3. The van der Waals surface area contributed by atoms with Crippen molar-refractivity contribution in [2.45, 2.75) is 101 Å². The van der Waals surface area contributed by atoms with Gasteiger partial charge < -0.3 is 35.4 Å². The number of thioether (sulfide) groups is 1. The quantitative estimate of drug-likeness (QED) is 0.346. The topological polar surface area (TPSA) is 120 Å². The van der Waals surface area contributed by atoms with Crippen LogP contribution < -0.4 is 10.6 Å². The average molecular weight is 531 g/mol. The number of hydrogen-bond acceptors (Lipinski definition) is 8. The molecule has 206 valence electrons. The number of ether oxygens (including phenoxy) is 2. The number of fused-ring (bicyclic) bond motifs is 3. The van der Waals surface area contributed by atoms with E-state index in [9.17, 15) is 24.5 Å². The minimum absolute atomic E-state index is 0.0945. The highest BCUT2D eigenvalue weighted by Gasteiger charge is 2.50. The van der Waals surface area contributed by atoms with Crippen LogP contribution in [0.25, 0.3) is 0 Å². The van der Waals surface area contributed by atoms with Gasteiger partial charge in [-0.25, -0.2) is 4.39 Å². The lowest BCUT2D eigenvalue weighted by molar-refractivity contribution is -0.207. The van der Waals surface area contributed by atoms with Crippen LogP contribution in [0.3, 0.4) is 0 Å². The van der Waals surface area contributed by atoms with Gasteiger partial charge in [-0.2, -0.15) is 0 Å². The third-order valence-electron chi connectivity index (χ3n) is 8.06. The van der Waals surface area contributed by atoms with Crippen LogP contribution in [0.15, 0.2) is 12.2 Å². The Bertz CT molecular complexity index is 775. The van der Waals surface area contributed by atoms with Crippen LogP contribution in [-0.4, -0.2) is 94.3 Å². The van der Waals surface area contributed by atoms with Crippen molar-refractivity contribution in [1.29, 1.82) is 0 Å². The number of nitrogens with one attached hydrogen (secondary N) is 2. The van der Waals surface area contributed by atoms with E-state index in [1.165, 1.54) is 0 Å². The molecule has 0 aliphatic carbocycles. The van der Waals surface area contributed by atoms with Crippen molar-refractivity contribution in [3.8, 4) is 0 Å². The SMILES string of the molecule is CC(C)C[C@@H]1CCO[C@@H]2[C@H](CN[C@@H]2C(=O)N[C@H]2[C@H]3O[C@H](SC[C@@H](F)C/C=C\[C@H]2C)[C@H](O)[C@@H](O)[C@H]3O)C1. The summed E-state index contributed by atoms with van der Waals surface area (Å²) in [6, 6.07) is -1.22. The Balaban J connectivity index is 1.50. The molecule has 0 saturated carbocycles. The van der Waals surface area contributed by atoms with Gasteiger partial charge in [-0.15, -0.1) is 11.8 Å². The summed E-state index contributed by atoms with van der Waals surface area (Å²) in [6.07, 6.45) is 0.396. The molecule has 0 aromatic heterocycles. The molecule has 4 rings (SSSR count).